The van der Waals surface area contributed by atoms with Gasteiger partial charge in [-0.15, -0.1) is 0 Å². The lowest BCUT2D eigenvalue weighted by atomic mass is 10.2. The molecule has 0 radical (unpaired) electrons. The van der Waals surface area contributed by atoms with Crippen LogP contribution in [0.4, 0.5) is 10.1 Å². The number of halogens is 1. The molecule has 0 saturated carbocycles. The van der Waals surface area contributed by atoms with Crippen LogP contribution in [-0.4, -0.2) is 31.9 Å². The molecule has 1 atom stereocenters. The molecule has 0 aliphatic carbocycles. The van der Waals surface area contributed by atoms with Gasteiger partial charge < -0.3 is 19.6 Å². The molecule has 2 rings (SSSR count). The zero-order valence-electron chi connectivity index (χ0n) is 14.9. The number of carbonyl (C=O) groups is 1. The zero-order chi connectivity index (χ0) is 18.9. The topological polar surface area (TPSA) is 69.2 Å². The third-order valence-electron chi connectivity index (χ3n) is 3.39. The van der Waals surface area contributed by atoms with Crippen LogP contribution in [0.5, 0.6) is 11.5 Å². The Labute approximate surface area is 151 Å². The maximum Gasteiger partial charge on any atom is 0.267 e. The van der Waals surface area contributed by atoms with Gasteiger partial charge in [0.05, 0.1) is 19.9 Å². The molecular weight excluding hydrogens is 339 g/mol. The molecule has 26 heavy (non-hydrogen) atoms. The second-order valence-electron chi connectivity index (χ2n) is 5.32. The average Bonchev–Trinajstić information content (AvgIpc) is 2.64. The molecule has 0 aromatic heterocycles. The Morgan fingerprint density at radius 3 is 2.62 bits per heavy atom. The number of nitrogens with one attached hydrogen (secondary N) is 1. The largest absolute Gasteiger partial charge is 0.493 e. The fourth-order valence-corrected chi connectivity index (χ4v) is 2.05. The Morgan fingerprint density at radius 1 is 1.23 bits per heavy atom. The van der Waals surface area contributed by atoms with Crippen molar-refractivity contribution in [2.45, 2.75) is 20.0 Å². The number of anilines is 1. The summed E-state index contributed by atoms with van der Waals surface area (Å²) < 4.78 is 23.6. The molecule has 0 aliphatic heterocycles. The van der Waals surface area contributed by atoms with Gasteiger partial charge in [0.25, 0.3) is 5.91 Å². The van der Waals surface area contributed by atoms with Gasteiger partial charge in [-0.2, -0.15) is 0 Å². The first-order chi connectivity index (χ1) is 12.5. The fraction of sp³-hybridized carbons (Fsp3) is 0.263. The van der Waals surface area contributed by atoms with Crippen molar-refractivity contribution in [3.63, 3.8) is 0 Å². The van der Waals surface area contributed by atoms with E-state index in [1.807, 2.05) is 6.92 Å². The van der Waals surface area contributed by atoms with Gasteiger partial charge in [-0.3, -0.25) is 4.79 Å². The van der Waals surface area contributed by atoms with E-state index in [-0.39, 0.29) is 5.82 Å². The van der Waals surface area contributed by atoms with Crippen LogP contribution in [0.3, 0.4) is 0 Å². The highest BCUT2D eigenvalue weighted by Gasteiger charge is 2.14. The Kier molecular flexibility index (Phi) is 6.96. The minimum Gasteiger partial charge on any atom is -0.493 e. The number of methoxy groups -OCH3 is 1. The van der Waals surface area contributed by atoms with E-state index in [0.717, 1.165) is 5.56 Å². The van der Waals surface area contributed by atoms with Crippen LogP contribution in [0.25, 0.3) is 0 Å². The normalized spacial score (nSPS) is 11.8. The maximum atomic E-state index is 12.9. The summed E-state index contributed by atoms with van der Waals surface area (Å²) >= 11 is 0. The van der Waals surface area contributed by atoms with Crippen molar-refractivity contribution < 1.29 is 23.5 Å². The lowest BCUT2D eigenvalue weighted by Crippen LogP contribution is -2.26. The second kappa shape index (κ2) is 9.41. The molecule has 1 amide bonds. The molecule has 2 aromatic carbocycles. The van der Waals surface area contributed by atoms with Crippen molar-refractivity contribution in [1.82, 2.24) is 0 Å². The summed E-state index contributed by atoms with van der Waals surface area (Å²) in [6.45, 7) is 3.99. The predicted octanol–water partition coefficient (Wildman–Crippen LogP) is 3.61. The van der Waals surface area contributed by atoms with E-state index in [1.54, 1.807) is 32.2 Å². The number of oxime groups is 1. The highest BCUT2D eigenvalue weighted by atomic mass is 19.1. The lowest BCUT2D eigenvalue weighted by molar-refractivity contribution is -0.126. The molecule has 0 heterocycles. The van der Waals surface area contributed by atoms with Crippen molar-refractivity contribution in [1.29, 1.82) is 0 Å². The Balaban J connectivity index is 1.92. The van der Waals surface area contributed by atoms with Crippen LogP contribution in [-0.2, 0) is 9.63 Å². The van der Waals surface area contributed by atoms with Gasteiger partial charge in [-0.25, -0.2) is 4.39 Å². The van der Waals surface area contributed by atoms with Crippen LogP contribution in [0.1, 0.15) is 19.4 Å². The summed E-state index contributed by atoms with van der Waals surface area (Å²) in [6.07, 6.45) is 0.654. The smallest absolute Gasteiger partial charge is 0.267 e. The molecule has 6 nitrogen and oxygen atoms in total. The highest BCUT2D eigenvalue weighted by molar-refractivity contribution is 5.93. The minimum atomic E-state index is -0.819. The van der Waals surface area contributed by atoms with Gasteiger partial charge in [-0.1, -0.05) is 5.16 Å². The van der Waals surface area contributed by atoms with Crippen LogP contribution < -0.4 is 14.8 Å². The van der Waals surface area contributed by atoms with Crippen molar-refractivity contribution >= 4 is 17.8 Å². The van der Waals surface area contributed by atoms with Crippen molar-refractivity contribution in [2.24, 2.45) is 5.16 Å². The Hall–Kier alpha value is -3.09. The van der Waals surface area contributed by atoms with Crippen LogP contribution in [0.15, 0.2) is 47.6 Å². The van der Waals surface area contributed by atoms with E-state index in [1.165, 1.54) is 30.5 Å². The molecule has 2 aromatic rings. The molecule has 1 unspecified atom stereocenters. The SMILES string of the molecule is CCOc1ccc(/C=N/OC(C)C(=O)Nc2ccc(F)cc2)cc1OC. The Bertz CT molecular complexity index is 763. The van der Waals surface area contributed by atoms with Crippen LogP contribution in [0, 0.1) is 5.82 Å². The second-order valence-corrected chi connectivity index (χ2v) is 5.32. The van der Waals surface area contributed by atoms with Crippen molar-refractivity contribution in [2.75, 3.05) is 19.0 Å². The van der Waals surface area contributed by atoms with Gasteiger partial charge >= 0.3 is 0 Å². The number of nitrogens with zero attached hydrogens (tertiary/aromatic N) is 1. The summed E-state index contributed by atoms with van der Waals surface area (Å²) in [5, 5.41) is 6.44. The number of hydrogen-bond donors (Lipinski definition) is 1. The molecule has 0 bridgehead atoms. The van der Waals surface area contributed by atoms with Crippen LogP contribution in [0.2, 0.25) is 0 Å². The highest BCUT2D eigenvalue weighted by Crippen LogP contribution is 2.27. The number of benzene rings is 2. The first-order valence-corrected chi connectivity index (χ1v) is 8.10. The third kappa shape index (κ3) is 5.47. The summed E-state index contributed by atoms with van der Waals surface area (Å²) in [6, 6.07) is 10.8. The van der Waals surface area contributed by atoms with E-state index in [9.17, 15) is 9.18 Å². The third-order valence-corrected chi connectivity index (χ3v) is 3.39. The van der Waals surface area contributed by atoms with Gasteiger partial charge in [0.15, 0.2) is 11.5 Å². The van der Waals surface area contributed by atoms with E-state index < -0.39 is 12.0 Å². The van der Waals surface area contributed by atoms with E-state index in [4.69, 9.17) is 14.3 Å². The molecule has 1 N–H and O–H groups in total. The number of rotatable bonds is 8. The minimum absolute atomic E-state index is 0.373. The predicted molar refractivity (Wildman–Crippen MR) is 97.3 cm³/mol. The lowest BCUT2D eigenvalue weighted by Gasteiger charge is -2.11. The average molecular weight is 360 g/mol. The molecule has 0 aliphatic rings. The van der Waals surface area contributed by atoms with E-state index >= 15 is 0 Å². The molecule has 138 valence electrons. The van der Waals surface area contributed by atoms with Gasteiger partial charge in [0, 0.05) is 11.3 Å². The van der Waals surface area contributed by atoms with Gasteiger partial charge in [-0.05, 0) is 56.3 Å². The number of ether oxygens (including phenoxy) is 2. The summed E-state index contributed by atoms with van der Waals surface area (Å²) in [4.78, 5) is 17.2. The number of hydrogen-bond acceptors (Lipinski definition) is 5. The van der Waals surface area contributed by atoms with Crippen molar-refractivity contribution in [3.8, 4) is 11.5 Å². The molecule has 0 spiro atoms. The van der Waals surface area contributed by atoms with E-state index in [0.29, 0.717) is 23.8 Å². The number of carbonyl (C=O) groups excluding carboxylic acids is 1. The van der Waals surface area contributed by atoms with Crippen molar-refractivity contribution in [3.05, 3.63) is 53.8 Å². The van der Waals surface area contributed by atoms with Gasteiger partial charge in [0.2, 0.25) is 6.10 Å². The Morgan fingerprint density at radius 2 is 1.96 bits per heavy atom. The molecule has 0 fully saturated rings. The molecule has 7 heteroatoms. The molecule has 0 saturated heterocycles. The number of amides is 1. The first kappa shape index (κ1) is 19.2. The van der Waals surface area contributed by atoms with Crippen LogP contribution >= 0.6 is 0 Å². The summed E-state index contributed by atoms with van der Waals surface area (Å²) in [5.41, 5.74) is 1.21. The first-order valence-electron chi connectivity index (χ1n) is 8.10. The summed E-state index contributed by atoms with van der Waals surface area (Å²) in [5.74, 6) is 0.457. The maximum absolute atomic E-state index is 12.9. The monoisotopic (exact) mass is 360 g/mol. The van der Waals surface area contributed by atoms with E-state index in [2.05, 4.69) is 10.5 Å². The summed E-state index contributed by atoms with van der Waals surface area (Å²) in [7, 11) is 1.55. The quantitative estimate of drug-likeness (QED) is 0.577. The fourth-order valence-electron chi connectivity index (χ4n) is 2.05. The van der Waals surface area contributed by atoms with Gasteiger partial charge in [0.1, 0.15) is 5.82 Å². The molecular formula is C19H21FN2O4. The zero-order valence-corrected chi connectivity index (χ0v) is 14.9. The standard InChI is InChI=1S/C19H21FN2O4/c1-4-25-17-10-5-14(11-18(17)24-3)12-21-26-13(2)19(23)22-16-8-6-15(20)7-9-16/h5-13H,4H2,1-3H3,(H,22,23)/b21-12+.